The summed E-state index contributed by atoms with van der Waals surface area (Å²) in [5, 5.41) is -0.0974. The molecule has 1 nitrogen and oxygen atoms in total. The van der Waals surface area contributed by atoms with E-state index in [1.54, 1.807) is 18.2 Å². The molecule has 0 saturated heterocycles. The Morgan fingerprint density at radius 2 is 1.55 bits per heavy atom. The number of halogens is 3. The Balaban J connectivity index is 2.89. The zero-order chi connectivity index (χ0) is 15.6. The maximum Gasteiger partial charge on any atom is 0.397 e. The van der Waals surface area contributed by atoms with Gasteiger partial charge in [0.25, 0.3) is 0 Å². The minimum atomic E-state index is -4.29. The van der Waals surface area contributed by atoms with Crippen LogP contribution in [-0.4, -0.2) is 21.1 Å². The zero-order valence-corrected chi connectivity index (χ0v) is 13.7. The van der Waals surface area contributed by atoms with Gasteiger partial charge in [-0.05, 0) is 23.7 Å². The molecule has 1 aromatic carbocycles. The van der Waals surface area contributed by atoms with Crippen molar-refractivity contribution in [1.29, 1.82) is 0 Å². The summed E-state index contributed by atoms with van der Waals surface area (Å²) in [6, 6.07) is 7.98. The molecular weight excluding hydrogens is 281 g/mol. The van der Waals surface area contributed by atoms with Crippen LogP contribution in [0.25, 0.3) is 0 Å². The zero-order valence-electron chi connectivity index (χ0n) is 12.7. The van der Waals surface area contributed by atoms with Crippen LogP contribution >= 0.6 is 0 Å². The number of benzene rings is 1. The fraction of sp³-hybridized carbons (Fsp3) is 0.600. The lowest BCUT2D eigenvalue weighted by molar-refractivity contribution is -0.157. The van der Waals surface area contributed by atoms with Crippen molar-refractivity contribution in [2.45, 2.75) is 51.0 Å². The molecule has 0 aromatic heterocycles. The lowest BCUT2D eigenvalue weighted by atomic mass is 10.00. The summed E-state index contributed by atoms with van der Waals surface area (Å²) < 4.78 is 45.4. The molecule has 0 spiro atoms. The quantitative estimate of drug-likeness (QED) is 0.681. The highest BCUT2D eigenvalue weighted by Gasteiger charge is 2.44. The highest BCUT2D eigenvalue weighted by atomic mass is 28.4. The predicted molar refractivity (Wildman–Crippen MR) is 78.4 cm³/mol. The van der Waals surface area contributed by atoms with E-state index in [2.05, 4.69) is 0 Å². The van der Waals surface area contributed by atoms with Crippen molar-refractivity contribution in [2.75, 3.05) is 6.61 Å². The molecule has 0 amide bonds. The third-order valence-electron chi connectivity index (χ3n) is 4.01. The van der Waals surface area contributed by atoms with Crippen molar-refractivity contribution in [3.05, 3.63) is 35.9 Å². The fourth-order valence-corrected chi connectivity index (χ4v) is 2.59. The number of alkyl halides is 3. The third-order valence-corrected chi connectivity index (χ3v) is 8.51. The minimum Gasteiger partial charge on any atom is -0.416 e. The molecule has 20 heavy (non-hydrogen) atoms. The first-order valence-electron chi connectivity index (χ1n) is 6.71. The fourth-order valence-electron chi connectivity index (χ4n) is 1.57. The first-order chi connectivity index (χ1) is 8.95. The van der Waals surface area contributed by atoms with Gasteiger partial charge in [-0.3, -0.25) is 0 Å². The Hall–Kier alpha value is -0.813. The van der Waals surface area contributed by atoms with Crippen LogP contribution in [0.3, 0.4) is 0 Å². The van der Waals surface area contributed by atoms with Gasteiger partial charge in [-0.15, -0.1) is 0 Å². The molecule has 114 valence electrons. The summed E-state index contributed by atoms with van der Waals surface area (Å²) in [6.45, 7) is 9.68. The number of hydrogen-bond donors (Lipinski definition) is 0. The van der Waals surface area contributed by atoms with E-state index in [0.29, 0.717) is 0 Å². The molecule has 0 fully saturated rings. The molecular formula is C15H23F3OSi. The summed E-state index contributed by atoms with van der Waals surface area (Å²) in [6.07, 6.45) is -4.29. The molecule has 1 rings (SSSR count). The Morgan fingerprint density at radius 3 is 1.95 bits per heavy atom. The second-order valence-electron chi connectivity index (χ2n) is 6.58. The second-order valence-corrected chi connectivity index (χ2v) is 11.4. The van der Waals surface area contributed by atoms with Gasteiger partial charge in [0.2, 0.25) is 0 Å². The summed E-state index contributed by atoms with van der Waals surface area (Å²) in [4.78, 5) is 0. The van der Waals surface area contributed by atoms with Gasteiger partial charge in [0.1, 0.15) is 5.92 Å². The highest BCUT2D eigenvalue weighted by molar-refractivity contribution is 6.74. The van der Waals surface area contributed by atoms with Gasteiger partial charge >= 0.3 is 6.18 Å². The molecule has 0 heterocycles. The van der Waals surface area contributed by atoms with Crippen LogP contribution in [0.2, 0.25) is 18.1 Å². The molecule has 0 bridgehead atoms. The molecule has 5 heteroatoms. The van der Waals surface area contributed by atoms with Crippen molar-refractivity contribution in [3.8, 4) is 0 Å². The summed E-state index contributed by atoms with van der Waals surface area (Å²) in [7, 11) is -2.18. The van der Waals surface area contributed by atoms with E-state index in [-0.39, 0.29) is 17.2 Å². The standard InChI is InChI=1S/C15H23F3OSi/c1-14(2,3)20(4,5)19-11-13(15(16,17)18)12-9-7-6-8-10-12/h6-10,13H,11H2,1-5H3/t13-/m0/s1. The monoisotopic (exact) mass is 304 g/mol. The van der Waals surface area contributed by atoms with Crippen molar-refractivity contribution in [1.82, 2.24) is 0 Å². The van der Waals surface area contributed by atoms with Crippen LogP contribution in [0.4, 0.5) is 13.2 Å². The average molecular weight is 304 g/mol. The van der Waals surface area contributed by atoms with E-state index < -0.39 is 20.4 Å². The van der Waals surface area contributed by atoms with Gasteiger partial charge in [0.15, 0.2) is 8.32 Å². The predicted octanol–water partition coefficient (Wildman–Crippen LogP) is 5.35. The largest absolute Gasteiger partial charge is 0.416 e. The Bertz CT molecular complexity index is 421. The first-order valence-corrected chi connectivity index (χ1v) is 9.61. The maximum absolute atomic E-state index is 13.2. The topological polar surface area (TPSA) is 9.23 Å². The van der Waals surface area contributed by atoms with Crippen molar-refractivity contribution < 1.29 is 17.6 Å². The van der Waals surface area contributed by atoms with E-state index in [9.17, 15) is 13.2 Å². The van der Waals surface area contributed by atoms with Gasteiger partial charge in [-0.25, -0.2) is 0 Å². The summed E-state index contributed by atoms with van der Waals surface area (Å²) >= 11 is 0. The van der Waals surface area contributed by atoms with Crippen LogP contribution in [0, 0.1) is 0 Å². The molecule has 1 atom stereocenters. The van der Waals surface area contributed by atoms with E-state index in [4.69, 9.17) is 4.43 Å². The molecule has 0 aliphatic carbocycles. The van der Waals surface area contributed by atoms with Crippen LogP contribution in [0.5, 0.6) is 0 Å². The van der Waals surface area contributed by atoms with Crippen molar-refractivity contribution in [2.24, 2.45) is 0 Å². The molecule has 0 aliphatic heterocycles. The van der Waals surface area contributed by atoms with Gasteiger partial charge in [-0.1, -0.05) is 51.1 Å². The Kier molecular flexibility index (Phi) is 5.08. The maximum atomic E-state index is 13.2. The van der Waals surface area contributed by atoms with Gasteiger partial charge in [0, 0.05) is 6.61 Å². The molecule has 1 aromatic rings. The van der Waals surface area contributed by atoms with E-state index in [1.807, 2.05) is 33.9 Å². The molecule has 0 unspecified atom stereocenters. The van der Waals surface area contributed by atoms with Gasteiger partial charge in [0.05, 0.1) is 0 Å². The molecule has 0 saturated carbocycles. The van der Waals surface area contributed by atoms with E-state index in [1.165, 1.54) is 12.1 Å². The van der Waals surface area contributed by atoms with Crippen LogP contribution in [0.1, 0.15) is 32.3 Å². The van der Waals surface area contributed by atoms with Gasteiger partial charge in [-0.2, -0.15) is 13.2 Å². The van der Waals surface area contributed by atoms with Crippen molar-refractivity contribution >= 4 is 8.32 Å². The Morgan fingerprint density at radius 1 is 1.05 bits per heavy atom. The molecule has 0 N–H and O–H groups in total. The summed E-state index contributed by atoms with van der Waals surface area (Å²) in [5.74, 6) is -1.56. The average Bonchev–Trinajstić information content (AvgIpc) is 2.27. The lowest BCUT2D eigenvalue weighted by Crippen LogP contribution is -2.43. The summed E-state index contributed by atoms with van der Waals surface area (Å²) in [5.41, 5.74) is 0.263. The van der Waals surface area contributed by atoms with Crippen molar-refractivity contribution in [3.63, 3.8) is 0 Å². The van der Waals surface area contributed by atoms with Crippen LogP contribution < -0.4 is 0 Å². The smallest absolute Gasteiger partial charge is 0.397 e. The Labute approximate surface area is 120 Å². The normalized spacial score (nSPS) is 15.2. The lowest BCUT2D eigenvalue weighted by Gasteiger charge is -2.37. The van der Waals surface area contributed by atoms with E-state index >= 15 is 0 Å². The van der Waals surface area contributed by atoms with Crippen LogP contribution in [-0.2, 0) is 4.43 Å². The molecule has 0 aliphatic rings. The molecule has 0 radical (unpaired) electrons. The van der Waals surface area contributed by atoms with Gasteiger partial charge < -0.3 is 4.43 Å². The van der Waals surface area contributed by atoms with Crippen LogP contribution in [0.15, 0.2) is 30.3 Å². The van der Waals surface area contributed by atoms with E-state index in [0.717, 1.165) is 0 Å². The minimum absolute atomic E-state index is 0.0974. The first kappa shape index (κ1) is 17.2. The number of rotatable bonds is 4. The number of hydrogen-bond acceptors (Lipinski definition) is 1. The SMILES string of the molecule is CC(C)(C)[Si](C)(C)OC[C@@H](c1ccccc1)C(F)(F)F. The second kappa shape index (κ2) is 5.90. The highest BCUT2D eigenvalue weighted by Crippen LogP contribution is 2.40. The third kappa shape index (κ3) is 4.35.